The Bertz CT molecular complexity index is 1300. The van der Waals surface area contributed by atoms with E-state index in [4.69, 9.17) is 19.4 Å². The van der Waals surface area contributed by atoms with Crippen molar-refractivity contribution >= 4 is 28.4 Å². The average Bonchev–Trinajstić information content (AvgIpc) is 3.69. The molecule has 2 aromatic carbocycles. The smallest absolute Gasteiger partial charge is 0.410 e. The molecule has 2 aliphatic carbocycles. The maximum atomic E-state index is 13.7. The van der Waals surface area contributed by atoms with Crippen LogP contribution in [0, 0.1) is 0 Å². The highest BCUT2D eigenvalue weighted by Gasteiger charge is 2.48. The van der Waals surface area contributed by atoms with Gasteiger partial charge in [0.2, 0.25) is 0 Å². The predicted octanol–water partition coefficient (Wildman–Crippen LogP) is 5.27. The second kappa shape index (κ2) is 10.8. The van der Waals surface area contributed by atoms with Gasteiger partial charge in [0.1, 0.15) is 11.6 Å². The second-order valence-corrected chi connectivity index (χ2v) is 12.2. The van der Waals surface area contributed by atoms with Gasteiger partial charge in [-0.05, 0) is 62.1 Å². The third-order valence-electron chi connectivity index (χ3n) is 7.48. The first-order valence-corrected chi connectivity index (χ1v) is 14.6. The van der Waals surface area contributed by atoms with Gasteiger partial charge >= 0.3 is 6.09 Å². The average molecular weight is 533 g/mol. The molecule has 1 unspecified atom stereocenters. The molecule has 1 amide bonds. The molecule has 38 heavy (non-hydrogen) atoms. The van der Waals surface area contributed by atoms with Crippen LogP contribution in [0.2, 0.25) is 0 Å². The fraction of sp³-hybridized carbons (Fsp3) is 0.414. The molecular weight excluding hydrogens is 500 g/mol. The van der Waals surface area contributed by atoms with E-state index in [9.17, 15) is 9.00 Å². The summed E-state index contributed by atoms with van der Waals surface area (Å²) in [6.45, 7) is 2.85. The number of amides is 1. The summed E-state index contributed by atoms with van der Waals surface area (Å²) in [5.74, 6) is 1.95. The lowest BCUT2D eigenvalue weighted by Crippen LogP contribution is -2.38. The molecule has 6 rings (SSSR count). The zero-order chi connectivity index (χ0) is 26.0. The maximum absolute atomic E-state index is 13.7. The topological polar surface area (TPSA) is 93.7 Å². The summed E-state index contributed by atoms with van der Waals surface area (Å²) in [6, 6.07) is 18.5. The van der Waals surface area contributed by atoms with Gasteiger partial charge in [-0.15, -0.1) is 0 Å². The van der Waals surface area contributed by atoms with Crippen molar-refractivity contribution in [3.63, 3.8) is 0 Å². The molecule has 1 aromatic heterocycles. The summed E-state index contributed by atoms with van der Waals surface area (Å²) in [5.41, 5.74) is 2.36. The fourth-order valence-electron chi connectivity index (χ4n) is 5.30. The van der Waals surface area contributed by atoms with Gasteiger partial charge < -0.3 is 14.4 Å². The Balaban J connectivity index is 1.29. The highest BCUT2D eigenvalue weighted by Crippen LogP contribution is 2.49. The molecule has 9 heteroatoms. The first-order valence-electron chi connectivity index (χ1n) is 13.4. The lowest BCUT2D eigenvalue weighted by atomic mass is 10.0. The van der Waals surface area contributed by atoms with Gasteiger partial charge in [0.15, 0.2) is 5.82 Å². The number of hydrogen-bond donors (Lipinski definition) is 1. The standard InChI is InChI=1S/C29H32N4O4S/c34-28(37-23-6-2-1-3-7-23)30-22-10-8-21(9-11-22)27-31-25(20-26(32-27)33-16-18-36-19-17-33)29(14-4-5-15-29)38(35)24-12-13-24/h1-3,6-11,20,24H,4-5,12-19H2,(H,30,34). The van der Waals surface area contributed by atoms with Crippen LogP contribution in [0.4, 0.5) is 16.3 Å². The lowest BCUT2D eigenvalue weighted by molar-refractivity contribution is 0.122. The van der Waals surface area contributed by atoms with Crippen LogP contribution in [0.5, 0.6) is 5.75 Å². The molecule has 3 aliphatic rings. The number of ether oxygens (including phenoxy) is 2. The number of morpholine rings is 1. The predicted molar refractivity (Wildman–Crippen MR) is 148 cm³/mol. The number of nitrogens with one attached hydrogen (secondary N) is 1. The Morgan fingerprint density at radius 1 is 1.00 bits per heavy atom. The fourth-order valence-corrected chi connectivity index (χ4v) is 7.50. The molecule has 3 aromatic rings. The Labute approximate surface area is 225 Å². The van der Waals surface area contributed by atoms with Gasteiger partial charge in [-0.25, -0.2) is 14.8 Å². The summed E-state index contributed by atoms with van der Waals surface area (Å²) in [7, 11) is -0.946. The Morgan fingerprint density at radius 2 is 1.71 bits per heavy atom. The van der Waals surface area contributed by atoms with Crippen LogP contribution in [0.1, 0.15) is 44.2 Å². The van der Waals surface area contributed by atoms with E-state index in [1.54, 1.807) is 12.1 Å². The van der Waals surface area contributed by atoms with Crippen LogP contribution in [0.25, 0.3) is 11.4 Å². The van der Waals surface area contributed by atoms with Crippen LogP contribution < -0.4 is 15.0 Å². The van der Waals surface area contributed by atoms with Gasteiger partial charge in [0.05, 0.1) is 23.7 Å². The van der Waals surface area contributed by atoms with Crippen molar-refractivity contribution in [3.05, 3.63) is 66.4 Å². The molecule has 0 bridgehead atoms. The molecule has 3 fully saturated rings. The van der Waals surface area contributed by atoms with E-state index in [1.165, 1.54) is 0 Å². The van der Waals surface area contributed by atoms with Crippen molar-refractivity contribution in [2.45, 2.75) is 48.5 Å². The molecule has 1 N–H and O–H groups in total. The highest BCUT2D eigenvalue weighted by atomic mass is 32.2. The highest BCUT2D eigenvalue weighted by molar-refractivity contribution is 7.87. The van der Waals surface area contributed by atoms with E-state index in [2.05, 4.69) is 16.3 Å². The number of anilines is 2. The minimum Gasteiger partial charge on any atom is -0.410 e. The number of carbonyl (C=O) groups is 1. The van der Waals surface area contributed by atoms with Gasteiger partial charge in [-0.2, -0.15) is 0 Å². The maximum Gasteiger partial charge on any atom is 0.417 e. The molecule has 8 nitrogen and oxygen atoms in total. The third-order valence-corrected chi connectivity index (χ3v) is 9.95. The van der Waals surface area contributed by atoms with Gasteiger partial charge in [-0.1, -0.05) is 31.0 Å². The van der Waals surface area contributed by atoms with Crippen LogP contribution in [0.3, 0.4) is 0 Å². The minimum atomic E-state index is -0.946. The lowest BCUT2D eigenvalue weighted by Gasteiger charge is -2.32. The van der Waals surface area contributed by atoms with Crippen molar-refractivity contribution in [2.24, 2.45) is 0 Å². The van der Waals surface area contributed by atoms with Crippen molar-refractivity contribution in [3.8, 4) is 17.1 Å². The number of rotatable bonds is 7. The minimum absolute atomic E-state index is 0.291. The summed E-state index contributed by atoms with van der Waals surface area (Å²) in [4.78, 5) is 24.5. The van der Waals surface area contributed by atoms with E-state index in [1.807, 2.05) is 42.5 Å². The molecule has 2 heterocycles. The largest absolute Gasteiger partial charge is 0.417 e. The summed E-state index contributed by atoms with van der Waals surface area (Å²) in [5, 5.41) is 3.06. The van der Waals surface area contributed by atoms with E-state index in [-0.39, 0.29) is 0 Å². The van der Waals surface area contributed by atoms with E-state index in [0.717, 1.165) is 68.7 Å². The molecule has 0 spiro atoms. The SMILES string of the molecule is O=C(Nc1ccc(-c2nc(N3CCOCC3)cc(C3(S(=O)C4CC4)CCCC3)n2)cc1)Oc1ccccc1. The van der Waals surface area contributed by atoms with E-state index < -0.39 is 21.6 Å². The van der Waals surface area contributed by atoms with Gasteiger partial charge in [-0.3, -0.25) is 9.53 Å². The number of aromatic nitrogens is 2. The molecule has 1 aliphatic heterocycles. The van der Waals surface area contributed by atoms with Crippen molar-refractivity contribution < 1.29 is 18.5 Å². The monoisotopic (exact) mass is 532 g/mol. The number of carbonyl (C=O) groups excluding carboxylic acids is 1. The normalized spacial score (nSPS) is 19.6. The zero-order valence-electron chi connectivity index (χ0n) is 21.3. The van der Waals surface area contributed by atoms with Crippen molar-refractivity contribution in [1.29, 1.82) is 0 Å². The number of para-hydroxylation sites is 1. The first kappa shape index (κ1) is 25.0. The summed E-state index contributed by atoms with van der Waals surface area (Å²) in [6.07, 6.45) is 5.49. The Morgan fingerprint density at radius 3 is 2.39 bits per heavy atom. The quantitative estimate of drug-likeness (QED) is 0.443. The van der Waals surface area contributed by atoms with Crippen LogP contribution in [-0.4, -0.2) is 51.8 Å². The summed E-state index contributed by atoms with van der Waals surface area (Å²) >= 11 is 0. The van der Waals surface area contributed by atoms with Crippen LogP contribution >= 0.6 is 0 Å². The Hall–Kier alpha value is -3.30. The van der Waals surface area contributed by atoms with E-state index in [0.29, 0.717) is 35.7 Å². The van der Waals surface area contributed by atoms with Crippen LogP contribution in [-0.2, 0) is 20.3 Å². The number of nitrogens with zero attached hydrogens (tertiary/aromatic N) is 3. The van der Waals surface area contributed by atoms with Crippen molar-refractivity contribution in [2.75, 3.05) is 36.5 Å². The second-order valence-electron chi connectivity index (χ2n) is 10.1. The first-order chi connectivity index (χ1) is 18.6. The van der Waals surface area contributed by atoms with E-state index >= 15 is 0 Å². The number of benzene rings is 2. The third kappa shape index (κ3) is 5.31. The zero-order valence-corrected chi connectivity index (χ0v) is 22.1. The summed E-state index contributed by atoms with van der Waals surface area (Å²) < 4.78 is 24.2. The molecule has 1 atom stereocenters. The molecule has 2 saturated carbocycles. The van der Waals surface area contributed by atoms with Gasteiger partial charge in [0, 0.05) is 46.5 Å². The van der Waals surface area contributed by atoms with Gasteiger partial charge in [0.25, 0.3) is 0 Å². The molecule has 1 saturated heterocycles. The molecule has 198 valence electrons. The van der Waals surface area contributed by atoms with Crippen LogP contribution in [0.15, 0.2) is 60.7 Å². The number of hydrogen-bond acceptors (Lipinski definition) is 7. The molecule has 0 radical (unpaired) electrons. The Kier molecular flexibility index (Phi) is 7.12. The molecular formula is C29H32N4O4S. The van der Waals surface area contributed by atoms with Crippen molar-refractivity contribution in [1.82, 2.24) is 9.97 Å².